The Hall–Kier alpha value is -2.56. The first kappa shape index (κ1) is 18.8. The summed E-state index contributed by atoms with van der Waals surface area (Å²) >= 11 is 6.08. The van der Waals surface area contributed by atoms with Crippen LogP contribution in [-0.2, 0) is 11.3 Å². The molecule has 0 atom stereocenters. The van der Waals surface area contributed by atoms with Gasteiger partial charge in [-0.1, -0.05) is 54.1 Å². The zero-order valence-electron chi connectivity index (χ0n) is 15.9. The van der Waals surface area contributed by atoms with Crippen LogP contribution in [0.4, 0.5) is 0 Å². The summed E-state index contributed by atoms with van der Waals surface area (Å²) < 4.78 is 7.51. The van der Waals surface area contributed by atoms with E-state index in [1.54, 1.807) is 0 Å². The lowest BCUT2D eigenvalue weighted by molar-refractivity contribution is 0.0296. The number of halogens is 1. The van der Waals surface area contributed by atoms with Gasteiger partial charge in [-0.2, -0.15) is 0 Å². The molecule has 0 N–H and O–H groups in total. The lowest BCUT2D eigenvalue weighted by Crippen LogP contribution is -2.41. The number of aryl methyl sites for hydroxylation is 1. The van der Waals surface area contributed by atoms with Crippen LogP contribution in [0.2, 0.25) is 5.02 Å². The molecule has 0 unspecified atom stereocenters. The predicted molar refractivity (Wildman–Crippen MR) is 112 cm³/mol. The van der Waals surface area contributed by atoms with Crippen molar-refractivity contribution in [2.24, 2.45) is 0 Å². The van der Waals surface area contributed by atoms with E-state index >= 15 is 0 Å². The van der Waals surface area contributed by atoms with Crippen LogP contribution < -0.4 is 0 Å². The van der Waals surface area contributed by atoms with Crippen LogP contribution in [0.3, 0.4) is 0 Å². The van der Waals surface area contributed by atoms with Crippen molar-refractivity contribution >= 4 is 17.5 Å². The molecule has 0 aliphatic carbocycles. The average molecular weight is 395 g/mol. The van der Waals surface area contributed by atoms with E-state index in [-0.39, 0.29) is 5.91 Å². The largest absolute Gasteiger partial charge is 0.378 e. The van der Waals surface area contributed by atoms with Crippen LogP contribution in [0.1, 0.15) is 21.6 Å². The Balaban J connectivity index is 1.80. The molecule has 1 aliphatic heterocycles. The Labute approximate surface area is 170 Å². The number of carbonyl (C=O) groups is 1. The lowest BCUT2D eigenvalue weighted by Gasteiger charge is -2.28. The minimum Gasteiger partial charge on any atom is -0.378 e. The van der Waals surface area contributed by atoms with Crippen LogP contribution in [0.25, 0.3) is 11.1 Å². The molecule has 4 rings (SSSR count). The first-order valence-corrected chi connectivity index (χ1v) is 9.88. The van der Waals surface area contributed by atoms with Crippen molar-refractivity contribution in [2.75, 3.05) is 26.3 Å². The van der Waals surface area contributed by atoms with Gasteiger partial charge in [0.15, 0.2) is 0 Å². The monoisotopic (exact) mass is 394 g/mol. The number of aromatic nitrogens is 1. The zero-order valence-corrected chi connectivity index (χ0v) is 16.7. The molecule has 4 nitrogen and oxygen atoms in total. The van der Waals surface area contributed by atoms with Gasteiger partial charge in [-0.15, -0.1) is 0 Å². The highest BCUT2D eigenvalue weighted by atomic mass is 35.5. The SMILES string of the molecule is Cc1cn(Cc2ccccc2)c(C(=O)N2CCOCC2)c1-c1ccc(Cl)cc1. The molecule has 0 bridgehead atoms. The smallest absolute Gasteiger partial charge is 0.271 e. The zero-order chi connectivity index (χ0) is 19.5. The molecule has 3 aromatic rings. The van der Waals surface area contributed by atoms with Crippen molar-refractivity contribution in [1.82, 2.24) is 9.47 Å². The first-order valence-electron chi connectivity index (χ1n) is 9.50. The summed E-state index contributed by atoms with van der Waals surface area (Å²) in [7, 11) is 0. The molecule has 0 saturated carbocycles. The number of carbonyl (C=O) groups excluding carboxylic acids is 1. The van der Waals surface area contributed by atoms with E-state index in [0.29, 0.717) is 37.9 Å². The summed E-state index contributed by atoms with van der Waals surface area (Å²) in [5.41, 5.74) is 4.95. The number of amides is 1. The van der Waals surface area contributed by atoms with Crippen LogP contribution in [0.15, 0.2) is 60.8 Å². The van der Waals surface area contributed by atoms with Crippen molar-refractivity contribution in [3.8, 4) is 11.1 Å². The normalized spacial score (nSPS) is 14.3. The Morgan fingerprint density at radius 3 is 2.39 bits per heavy atom. The van der Waals surface area contributed by atoms with Gasteiger partial charge in [-0.25, -0.2) is 0 Å². The second kappa shape index (κ2) is 8.21. The minimum absolute atomic E-state index is 0.0530. The van der Waals surface area contributed by atoms with Crippen molar-refractivity contribution in [2.45, 2.75) is 13.5 Å². The molecule has 1 aliphatic rings. The second-order valence-electron chi connectivity index (χ2n) is 7.06. The summed E-state index contributed by atoms with van der Waals surface area (Å²) in [5, 5.41) is 0.686. The molecule has 1 saturated heterocycles. The van der Waals surface area contributed by atoms with Crippen LogP contribution in [0, 0.1) is 6.92 Å². The van der Waals surface area contributed by atoms with Gasteiger partial charge in [-0.05, 0) is 35.7 Å². The number of hydrogen-bond acceptors (Lipinski definition) is 2. The molecule has 0 radical (unpaired) electrons. The van der Waals surface area contributed by atoms with Gasteiger partial charge < -0.3 is 14.2 Å². The number of hydrogen-bond donors (Lipinski definition) is 0. The maximum Gasteiger partial charge on any atom is 0.271 e. The van der Waals surface area contributed by atoms with E-state index in [2.05, 4.69) is 29.8 Å². The number of morpholine rings is 1. The van der Waals surface area contributed by atoms with Gasteiger partial charge in [0.1, 0.15) is 5.69 Å². The molecular formula is C23H23ClN2O2. The van der Waals surface area contributed by atoms with Gasteiger partial charge >= 0.3 is 0 Å². The van der Waals surface area contributed by atoms with E-state index < -0.39 is 0 Å². The number of rotatable bonds is 4. The van der Waals surface area contributed by atoms with Gasteiger partial charge in [-0.3, -0.25) is 4.79 Å². The highest BCUT2D eigenvalue weighted by molar-refractivity contribution is 6.30. The molecule has 1 aromatic heterocycles. The van der Waals surface area contributed by atoms with Gasteiger partial charge in [0.2, 0.25) is 0 Å². The van der Waals surface area contributed by atoms with E-state index in [1.165, 1.54) is 0 Å². The van der Waals surface area contributed by atoms with Crippen molar-refractivity contribution in [3.63, 3.8) is 0 Å². The minimum atomic E-state index is 0.0530. The Morgan fingerprint density at radius 1 is 1.04 bits per heavy atom. The Morgan fingerprint density at radius 2 is 1.71 bits per heavy atom. The number of nitrogens with zero attached hydrogens (tertiary/aromatic N) is 2. The van der Waals surface area contributed by atoms with Crippen molar-refractivity contribution in [3.05, 3.63) is 82.6 Å². The summed E-state index contributed by atoms with van der Waals surface area (Å²) in [5.74, 6) is 0.0530. The molecule has 5 heteroatoms. The molecule has 144 valence electrons. The summed E-state index contributed by atoms with van der Waals surface area (Å²) in [6.07, 6.45) is 2.07. The number of benzene rings is 2. The van der Waals surface area contributed by atoms with Crippen LogP contribution >= 0.6 is 11.6 Å². The van der Waals surface area contributed by atoms with Gasteiger partial charge in [0, 0.05) is 36.4 Å². The average Bonchev–Trinajstić information content (AvgIpc) is 3.05. The topological polar surface area (TPSA) is 34.5 Å². The maximum absolute atomic E-state index is 13.5. The Kier molecular flexibility index (Phi) is 5.51. The van der Waals surface area contributed by atoms with Crippen molar-refractivity contribution < 1.29 is 9.53 Å². The van der Waals surface area contributed by atoms with E-state index in [4.69, 9.17) is 16.3 Å². The van der Waals surface area contributed by atoms with Crippen molar-refractivity contribution in [1.29, 1.82) is 0 Å². The summed E-state index contributed by atoms with van der Waals surface area (Å²) in [6.45, 7) is 5.12. The third kappa shape index (κ3) is 3.84. The van der Waals surface area contributed by atoms with Crippen LogP contribution in [0.5, 0.6) is 0 Å². The third-order valence-corrected chi connectivity index (χ3v) is 5.35. The standard InChI is InChI=1S/C23H23ClN2O2/c1-17-15-26(16-18-5-3-2-4-6-18)22(23(27)25-11-13-28-14-12-25)21(17)19-7-9-20(24)10-8-19/h2-10,15H,11-14,16H2,1H3. The molecule has 2 aromatic carbocycles. The van der Waals surface area contributed by atoms with E-state index in [0.717, 1.165) is 27.9 Å². The number of ether oxygens (including phenoxy) is 1. The molecule has 1 amide bonds. The van der Waals surface area contributed by atoms with Gasteiger partial charge in [0.05, 0.1) is 13.2 Å². The third-order valence-electron chi connectivity index (χ3n) is 5.10. The fraction of sp³-hybridized carbons (Fsp3) is 0.261. The summed E-state index contributed by atoms with van der Waals surface area (Å²) in [4.78, 5) is 15.4. The Bertz CT molecular complexity index is 958. The molecule has 0 spiro atoms. The molecule has 2 heterocycles. The predicted octanol–water partition coefficient (Wildman–Crippen LogP) is 4.64. The first-order chi connectivity index (χ1) is 13.6. The maximum atomic E-state index is 13.5. The van der Waals surface area contributed by atoms with E-state index in [9.17, 15) is 4.79 Å². The molecular weight excluding hydrogens is 372 g/mol. The lowest BCUT2D eigenvalue weighted by atomic mass is 10.0. The highest BCUT2D eigenvalue weighted by Gasteiger charge is 2.27. The van der Waals surface area contributed by atoms with Gasteiger partial charge in [0.25, 0.3) is 5.91 Å². The fourth-order valence-corrected chi connectivity index (χ4v) is 3.85. The second-order valence-corrected chi connectivity index (χ2v) is 7.50. The quantitative estimate of drug-likeness (QED) is 0.646. The fourth-order valence-electron chi connectivity index (χ4n) is 3.72. The van der Waals surface area contributed by atoms with E-state index in [1.807, 2.05) is 47.4 Å². The molecule has 28 heavy (non-hydrogen) atoms. The highest BCUT2D eigenvalue weighted by Crippen LogP contribution is 2.32. The van der Waals surface area contributed by atoms with Crippen LogP contribution in [-0.4, -0.2) is 41.7 Å². The summed E-state index contributed by atoms with van der Waals surface area (Å²) in [6, 6.07) is 17.9. The molecule has 1 fully saturated rings.